The van der Waals surface area contributed by atoms with Crippen LogP contribution in [0.25, 0.3) is 11.0 Å². The number of nitrogens with one attached hydrogen (secondary N) is 1. The lowest BCUT2D eigenvalue weighted by molar-refractivity contribution is 0.0938. The highest BCUT2D eigenvalue weighted by Crippen LogP contribution is 2.36. The first kappa shape index (κ1) is 21.8. The summed E-state index contributed by atoms with van der Waals surface area (Å²) in [4.78, 5) is 26.2. The Hall–Kier alpha value is -4.06. The van der Waals surface area contributed by atoms with Crippen LogP contribution in [0, 0.1) is 0 Å². The van der Waals surface area contributed by atoms with Gasteiger partial charge in [0, 0.05) is 0 Å². The zero-order valence-electron chi connectivity index (χ0n) is 19.1. The van der Waals surface area contributed by atoms with Crippen molar-refractivity contribution in [3.63, 3.8) is 0 Å². The van der Waals surface area contributed by atoms with Crippen molar-refractivity contribution in [1.82, 2.24) is 5.32 Å². The van der Waals surface area contributed by atoms with Crippen molar-refractivity contribution in [2.24, 2.45) is 0 Å². The molecule has 5 rings (SSSR count). The summed E-state index contributed by atoms with van der Waals surface area (Å²) in [5, 5.41) is 3.38. The van der Waals surface area contributed by atoms with Gasteiger partial charge in [-0.2, -0.15) is 0 Å². The molecule has 3 aromatic carbocycles. The Morgan fingerprint density at radius 1 is 0.882 bits per heavy atom. The number of carbonyl (C=O) groups is 1. The molecule has 0 saturated heterocycles. The fraction of sp³-hybridized carbons (Fsp3) is 0.214. The summed E-state index contributed by atoms with van der Waals surface area (Å²) in [6.45, 7) is 4.77. The number of amides is 1. The van der Waals surface area contributed by atoms with Crippen LogP contribution < -0.4 is 20.2 Å². The number of hydrogen-bond acceptors (Lipinski definition) is 5. The fourth-order valence-electron chi connectivity index (χ4n) is 4.25. The van der Waals surface area contributed by atoms with Crippen molar-refractivity contribution >= 4 is 16.9 Å². The molecule has 1 amide bonds. The highest BCUT2D eigenvalue weighted by molar-refractivity contribution is 5.99. The van der Waals surface area contributed by atoms with Gasteiger partial charge < -0.3 is 19.2 Å². The van der Waals surface area contributed by atoms with E-state index < -0.39 is 11.9 Å². The van der Waals surface area contributed by atoms with Crippen LogP contribution in [0.3, 0.4) is 0 Å². The van der Waals surface area contributed by atoms with E-state index in [-0.39, 0.29) is 11.2 Å². The second-order valence-corrected chi connectivity index (χ2v) is 8.18. The zero-order chi connectivity index (χ0) is 23.7. The molecule has 1 unspecified atom stereocenters. The summed E-state index contributed by atoms with van der Waals surface area (Å²) in [6, 6.07) is 20.2. The first-order valence-corrected chi connectivity index (χ1v) is 11.4. The van der Waals surface area contributed by atoms with E-state index in [4.69, 9.17) is 13.9 Å². The Morgan fingerprint density at radius 2 is 1.71 bits per heavy atom. The van der Waals surface area contributed by atoms with Crippen LogP contribution in [0.5, 0.6) is 11.5 Å². The van der Waals surface area contributed by atoms with Gasteiger partial charge in [-0.25, -0.2) is 0 Å². The van der Waals surface area contributed by atoms with Crippen LogP contribution in [-0.2, 0) is 13.0 Å². The summed E-state index contributed by atoms with van der Waals surface area (Å²) in [5.41, 5.74) is 3.34. The first-order valence-electron chi connectivity index (χ1n) is 11.4. The highest BCUT2D eigenvalue weighted by atomic mass is 16.5. The molecule has 6 heteroatoms. The van der Waals surface area contributed by atoms with Gasteiger partial charge in [0.25, 0.3) is 5.91 Å². The van der Waals surface area contributed by atoms with Gasteiger partial charge >= 0.3 is 0 Å². The number of carbonyl (C=O) groups excluding carboxylic acids is 1. The van der Waals surface area contributed by atoms with Crippen LogP contribution in [0.15, 0.2) is 75.9 Å². The lowest BCUT2D eigenvalue weighted by Gasteiger charge is -2.17. The first-order chi connectivity index (χ1) is 16.6. The van der Waals surface area contributed by atoms with Crippen molar-refractivity contribution in [1.29, 1.82) is 0 Å². The molecule has 0 fully saturated rings. The lowest BCUT2D eigenvalue weighted by atomic mass is 9.98. The average molecular weight is 456 g/mol. The molecule has 1 aliphatic heterocycles. The molecule has 6 nitrogen and oxygen atoms in total. The van der Waals surface area contributed by atoms with Crippen molar-refractivity contribution in [3.8, 4) is 11.5 Å². The van der Waals surface area contributed by atoms with Crippen LogP contribution in [-0.4, -0.2) is 12.5 Å². The Bertz CT molecular complexity index is 1420. The topological polar surface area (TPSA) is 77.8 Å². The van der Waals surface area contributed by atoms with E-state index in [0.29, 0.717) is 41.2 Å². The number of ether oxygens (including phenoxy) is 2. The predicted molar refractivity (Wildman–Crippen MR) is 130 cm³/mol. The molecule has 1 atom stereocenters. The van der Waals surface area contributed by atoms with Gasteiger partial charge in [0.05, 0.1) is 23.6 Å². The van der Waals surface area contributed by atoms with Gasteiger partial charge in [-0.15, -0.1) is 0 Å². The molecular weight excluding hydrogens is 430 g/mol. The zero-order valence-corrected chi connectivity index (χ0v) is 19.1. The largest absolute Gasteiger partial charge is 0.490 e. The van der Waals surface area contributed by atoms with E-state index in [0.717, 1.165) is 23.1 Å². The standard InChI is InChI=1S/C28H25NO5/c1-3-17-10-12-21-20(14-17)26(30)24-25(29-28(31)27(24)34-21)19-11-13-22(23(15-19)32-4-2)33-16-18-8-6-5-7-9-18/h5-15,25H,3-4,16H2,1-2H3,(H,29,31). The molecule has 1 aromatic heterocycles. The van der Waals surface area contributed by atoms with E-state index >= 15 is 0 Å². The number of fused-ring (bicyclic) bond motifs is 2. The predicted octanol–water partition coefficient (Wildman–Crippen LogP) is 5.17. The Morgan fingerprint density at radius 3 is 2.47 bits per heavy atom. The van der Waals surface area contributed by atoms with Crippen molar-refractivity contribution < 1.29 is 18.7 Å². The molecule has 0 saturated carbocycles. The van der Waals surface area contributed by atoms with E-state index in [1.807, 2.05) is 74.5 Å². The van der Waals surface area contributed by atoms with Gasteiger partial charge in [-0.1, -0.05) is 49.4 Å². The molecular formula is C28H25NO5. The molecule has 0 spiro atoms. The summed E-state index contributed by atoms with van der Waals surface area (Å²) in [7, 11) is 0. The van der Waals surface area contributed by atoms with Crippen molar-refractivity contribution in [2.75, 3.05) is 6.61 Å². The third kappa shape index (κ3) is 3.92. The minimum Gasteiger partial charge on any atom is -0.490 e. The highest BCUT2D eigenvalue weighted by Gasteiger charge is 2.36. The number of rotatable bonds is 7. The number of aryl methyl sites for hydroxylation is 1. The Balaban J connectivity index is 1.53. The maximum Gasteiger partial charge on any atom is 0.288 e. The molecule has 172 valence electrons. The second kappa shape index (κ2) is 9.06. The third-order valence-electron chi connectivity index (χ3n) is 6.01. The minimum atomic E-state index is -0.629. The molecule has 0 aliphatic carbocycles. The molecule has 4 aromatic rings. The van der Waals surface area contributed by atoms with Crippen LogP contribution >= 0.6 is 0 Å². The minimum absolute atomic E-state index is 0.0640. The number of hydrogen-bond donors (Lipinski definition) is 1. The molecule has 1 N–H and O–H groups in total. The maximum absolute atomic E-state index is 13.4. The quantitative estimate of drug-likeness (QED) is 0.416. The summed E-state index contributed by atoms with van der Waals surface area (Å²) in [6.07, 6.45) is 0.801. The SMILES string of the molecule is CCOc1cc(C2NC(=O)c3oc4ccc(CC)cc4c(=O)c32)ccc1OCc1ccccc1. The smallest absolute Gasteiger partial charge is 0.288 e. The van der Waals surface area contributed by atoms with Crippen molar-refractivity contribution in [2.45, 2.75) is 32.9 Å². The summed E-state index contributed by atoms with van der Waals surface area (Å²) < 4.78 is 17.7. The van der Waals surface area contributed by atoms with Crippen molar-refractivity contribution in [3.05, 3.63) is 105 Å². The van der Waals surface area contributed by atoms with E-state index in [1.165, 1.54) is 0 Å². The normalized spacial score (nSPS) is 14.6. The number of benzene rings is 3. The molecule has 2 heterocycles. The fourth-order valence-corrected chi connectivity index (χ4v) is 4.25. The van der Waals surface area contributed by atoms with Gasteiger partial charge in [0.15, 0.2) is 16.9 Å². The van der Waals surface area contributed by atoms with E-state index in [9.17, 15) is 9.59 Å². The average Bonchev–Trinajstić information content (AvgIpc) is 3.20. The second-order valence-electron chi connectivity index (χ2n) is 8.18. The summed E-state index contributed by atoms with van der Waals surface area (Å²) >= 11 is 0. The van der Waals surface area contributed by atoms with Gasteiger partial charge in [0.1, 0.15) is 12.2 Å². The van der Waals surface area contributed by atoms with Gasteiger partial charge in [0.2, 0.25) is 5.76 Å². The molecule has 0 radical (unpaired) electrons. The monoisotopic (exact) mass is 455 g/mol. The molecule has 34 heavy (non-hydrogen) atoms. The van der Waals surface area contributed by atoms with E-state index in [1.54, 1.807) is 6.07 Å². The van der Waals surface area contributed by atoms with Crippen LogP contribution in [0.1, 0.15) is 52.7 Å². The molecule has 0 bridgehead atoms. The Kier molecular flexibility index (Phi) is 5.80. The van der Waals surface area contributed by atoms with Crippen LogP contribution in [0.2, 0.25) is 0 Å². The van der Waals surface area contributed by atoms with Gasteiger partial charge in [-0.3, -0.25) is 9.59 Å². The lowest BCUT2D eigenvalue weighted by Crippen LogP contribution is -2.22. The van der Waals surface area contributed by atoms with E-state index in [2.05, 4.69) is 5.32 Å². The summed E-state index contributed by atoms with van der Waals surface area (Å²) in [5.74, 6) is 0.809. The van der Waals surface area contributed by atoms with Crippen LogP contribution in [0.4, 0.5) is 0 Å². The Labute approximate surface area is 197 Å². The third-order valence-corrected chi connectivity index (χ3v) is 6.01. The van der Waals surface area contributed by atoms with Gasteiger partial charge in [-0.05, 0) is 54.3 Å². The maximum atomic E-state index is 13.4. The molecule has 1 aliphatic rings.